The summed E-state index contributed by atoms with van der Waals surface area (Å²) in [4.78, 5) is 13.0. The Morgan fingerprint density at radius 3 is 2.77 bits per heavy atom. The van der Waals surface area contributed by atoms with E-state index in [1.54, 1.807) is 11.3 Å². The van der Waals surface area contributed by atoms with Crippen LogP contribution in [0.1, 0.15) is 36.3 Å². The predicted octanol–water partition coefficient (Wildman–Crippen LogP) is 2.79. The smallest absolute Gasteiger partial charge is 0.191 e. The van der Waals surface area contributed by atoms with Gasteiger partial charge in [-0.2, -0.15) is 0 Å². The largest absolute Gasteiger partial charge is 0.374 e. The zero-order valence-electron chi connectivity index (χ0n) is 16.7. The lowest BCUT2D eigenvalue weighted by Crippen LogP contribution is -2.50. The van der Waals surface area contributed by atoms with Gasteiger partial charge in [0.25, 0.3) is 0 Å². The first kappa shape index (κ1) is 23.6. The van der Waals surface area contributed by atoms with E-state index in [2.05, 4.69) is 53.2 Å². The summed E-state index contributed by atoms with van der Waals surface area (Å²) >= 11 is 1.72. The fourth-order valence-corrected chi connectivity index (χ4v) is 3.75. The number of ether oxygens (including phenoxy) is 1. The monoisotopic (exact) mass is 495 g/mol. The number of nitrogens with zero attached hydrogens (tertiary/aromatic N) is 3. The molecule has 2 rings (SSSR count). The third kappa shape index (κ3) is 8.06. The summed E-state index contributed by atoms with van der Waals surface area (Å²) in [6, 6.07) is 0. The molecule has 1 aliphatic rings. The molecule has 6 nitrogen and oxygen atoms in total. The molecule has 26 heavy (non-hydrogen) atoms. The molecule has 1 unspecified atom stereocenters. The van der Waals surface area contributed by atoms with Crippen molar-refractivity contribution in [1.82, 2.24) is 20.5 Å². The number of aliphatic imine (C=N–C) groups is 1. The van der Waals surface area contributed by atoms with Crippen LogP contribution in [0.4, 0.5) is 0 Å². The Kier molecular flexibility index (Phi) is 11.0. The number of hydrogen-bond acceptors (Lipinski definition) is 5. The minimum absolute atomic E-state index is 0. The average Bonchev–Trinajstić information content (AvgIpc) is 2.88. The van der Waals surface area contributed by atoms with Crippen molar-refractivity contribution >= 4 is 41.3 Å². The quantitative estimate of drug-likeness (QED) is 0.346. The Labute approximate surface area is 179 Å². The first-order chi connectivity index (χ1) is 12.0. The topological polar surface area (TPSA) is 61.8 Å². The second-order valence-corrected chi connectivity index (χ2v) is 8.26. The second kappa shape index (κ2) is 12.1. The number of thiazole rings is 1. The molecule has 2 N–H and O–H groups in total. The van der Waals surface area contributed by atoms with Crippen molar-refractivity contribution in [2.45, 2.75) is 47.3 Å². The van der Waals surface area contributed by atoms with Crippen LogP contribution >= 0.6 is 35.3 Å². The molecule has 0 radical (unpaired) electrons. The Morgan fingerprint density at radius 2 is 2.15 bits per heavy atom. The van der Waals surface area contributed by atoms with Gasteiger partial charge in [0.15, 0.2) is 5.96 Å². The standard InChI is InChI=1S/C18H33N5OS.HI/c1-6-19-18(21-10-17-22-14(4)15(5)25-17)20-9-16-12-23(7-8-24-16)11-13(2)3;/h13,16H,6-12H2,1-5H3,(H2,19,20,21);1H. The number of rotatable bonds is 7. The summed E-state index contributed by atoms with van der Waals surface area (Å²) in [6.07, 6.45) is 0.209. The van der Waals surface area contributed by atoms with Gasteiger partial charge in [0, 0.05) is 37.6 Å². The highest BCUT2D eigenvalue weighted by Crippen LogP contribution is 2.16. The molecule has 0 spiro atoms. The molecule has 1 aromatic rings. The number of guanidine groups is 1. The minimum Gasteiger partial charge on any atom is -0.374 e. The number of hydrogen-bond donors (Lipinski definition) is 2. The number of halogens is 1. The number of aromatic nitrogens is 1. The van der Waals surface area contributed by atoms with Gasteiger partial charge < -0.3 is 15.4 Å². The van der Waals surface area contributed by atoms with Crippen LogP contribution in [0.2, 0.25) is 0 Å². The highest BCUT2D eigenvalue weighted by atomic mass is 127. The molecule has 0 aromatic carbocycles. The fourth-order valence-electron chi connectivity index (χ4n) is 2.89. The molecule has 1 saturated heterocycles. The van der Waals surface area contributed by atoms with E-state index in [4.69, 9.17) is 4.74 Å². The van der Waals surface area contributed by atoms with E-state index in [1.165, 1.54) is 4.88 Å². The number of nitrogens with one attached hydrogen (secondary N) is 2. The maximum atomic E-state index is 5.90. The third-order valence-electron chi connectivity index (χ3n) is 4.13. The second-order valence-electron chi connectivity index (χ2n) is 6.97. The van der Waals surface area contributed by atoms with Crippen molar-refractivity contribution in [3.63, 3.8) is 0 Å². The van der Waals surface area contributed by atoms with Gasteiger partial charge in [0.2, 0.25) is 0 Å². The molecule has 150 valence electrons. The van der Waals surface area contributed by atoms with Crippen molar-refractivity contribution < 1.29 is 4.74 Å². The van der Waals surface area contributed by atoms with Gasteiger partial charge in [-0.25, -0.2) is 9.98 Å². The van der Waals surface area contributed by atoms with Crippen LogP contribution in [0.15, 0.2) is 4.99 Å². The molecule has 0 bridgehead atoms. The van der Waals surface area contributed by atoms with Crippen LogP contribution in [0.3, 0.4) is 0 Å². The maximum Gasteiger partial charge on any atom is 0.191 e. The fraction of sp³-hybridized carbons (Fsp3) is 0.778. The first-order valence-electron chi connectivity index (χ1n) is 9.27. The van der Waals surface area contributed by atoms with Crippen LogP contribution in [0, 0.1) is 19.8 Å². The van der Waals surface area contributed by atoms with Crippen molar-refractivity contribution in [2.75, 3.05) is 39.3 Å². The molecule has 0 aliphatic carbocycles. The molecule has 0 amide bonds. The number of aryl methyl sites for hydroxylation is 2. The van der Waals surface area contributed by atoms with Gasteiger partial charge in [-0.15, -0.1) is 35.3 Å². The zero-order chi connectivity index (χ0) is 18.2. The van der Waals surface area contributed by atoms with E-state index in [9.17, 15) is 0 Å². The van der Waals surface area contributed by atoms with Crippen molar-refractivity contribution in [3.05, 3.63) is 15.6 Å². The van der Waals surface area contributed by atoms with Crippen LogP contribution < -0.4 is 10.6 Å². The molecule has 1 aliphatic heterocycles. The summed E-state index contributed by atoms with van der Waals surface area (Å²) in [6.45, 7) is 16.9. The Balaban J connectivity index is 0.00000338. The summed E-state index contributed by atoms with van der Waals surface area (Å²) < 4.78 is 5.90. The molecule has 8 heteroatoms. The molecule has 1 aromatic heterocycles. The molecule has 2 heterocycles. The summed E-state index contributed by atoms with van der Waals surface area (Å²) in [5.41, 5.74) is 1.11. The van der Waals surface area contributed by atoms with Gasteiger partial charge in [-0.05, 0) is 26.7 Å². The lowest BCUT2D eigenvalue weighted by atomic mass is 10.2. The van der Waals surface area contributed by atoms with Gasteiger partial charge in [-0.3, -0.25) is 4.90 Å². The zero-order valence-corrected chi connectivity index (χ0v) is 19.8. The van der Waals surface area contributed by atoms with Gasteiger partial charge >= 0.3 is 0 Å². The van der Waals surface area contributed by atoms with Crippen LogP contribution in [0.25, 0.3) is 0 Å². The number of morpholine rings is 1. The Hall–Kier alpha value is -0.450. The van der Waals surface area contributed by atoms with E-state index < -0.39 is 0 Å². The first-order valence-corrected chi connectivity index (χ1v) is 10.1. The summed E-state index contributed by atoms with van der Waals surface area (Å²) in [7, 11) is 0. The average molecular weight is 495 g/mol. The van der Waals surface area contributed by atoms with Gasteiger partial charge in [0.05, 0.1) is 24.9 Å². The molecular weight excluding hydrogens is 461 g/mol. The summed E-state index contributed by atoms with van der Waals surface area (Å²) in [5.74, 6) is 1.52. The van der Waals surface area contributed by atoms with Crippen molar-refractivity contribution in [3.8, 4) is 0 Å². The molecule has 0 saturated carbocycles. The van der Waals surface area contributed by atoms with E-state index in [1.807, 2.05) is 6.92 Å². The molecule has 1 atom stereocenters. The van der Waals surface area contributed by atoms with Crippen LogP contribution in [-0.4, -0.2) is 61.3 Å². The van der Waals surface area contributed by atoms with E-state index >= 15 is 0 Å². The third-order valence-corrected chi connectivity index (χ3v) is 5.19. The maximum absolute atomic E-state index is 5.90. The lowest BCUT2D eigenvalue weighted by molar-refractivity contribution is -0.0284. The van der Waals surface area contributed by atoms with Crippen LogP contribution in [0.5, 0.6) is 0 Å². The van der Waals surface area contributed by atoms with Crippen molar-refractivity contribution in [2.24, 2.45) is 10.9 Å². The van der Waals surface area contributed by atoms with E-state index in [0.717, 1.165) is 56.0 Å². The SMILES string of the molecule is CCNC(=NCc1nc(C)c(C)s1)NCC1CN(CC(C)C)CCO1.I. The highest BCUT2D eigenvalue weighted by molar-refractivity contribution is 14.0. The van der Waals surface area contributed by atoms with Crippen LogP contribution in [-0.2, 0) is 11.3 Å². The predicted molar refractivity (Wildman–Crippen MR) is 121 cm³/mol. The highest BCUT2D eigenvalue weighted by Gasteiger charge is 2.21. The minimum atomic E-state index is 0. The Morgan fingerprint density at radius 1 is 1.38 bits per heavy atom. The normalized spacial score (nSPS) is 18.7. The summed E-state index contributed by atoms with van der Waals surface area (Å²) in [5, 5.41) is 7.78. The van der Waals surface area contributed by atoms with Gasteiger partial charge in [-0.1, -0.05) is 13.8 Å². The lowest BCUT2D eigenvalue weighted by Gasteiger charge is -2.34. The van der Waals surface area contributed by atoms with E-state index in [-0.39, 0.29) is 30.1 Å². The van der Waals surface area contributed by atoms with E-state index in [0.29, 0.717) is 12.5 Å². The molecular formula is C18H34IN5OS. The molecule has 1 fully saturated rings. The Bertz CT molecular complexity index is 544. The van der Waals surface area contributed by atoms with Crippen molar-refractivity contribution in [1.29, 1.82) is 0 Å². The van der Waals surface area contributed by atoms with Gasteiger partial charge in [0.1, 0.15) is 5.01 Å².